The Morgan fingerprint density at radius 1 is 1.47 bits per heavy atom. The lowest BCUT2D eigenvalue weighted by Crippen LogP contribution is -2.33. The molecular weight excluding hydrogens is 397 g/mol. The van der Waals surface area contributed by atoms with E-state index in [9.17, 15) is 9.59 Å². The molecule has 1 aromatic rings. The summed E-state index contributed by atoms with van der Waals surface area (Å²) in [5.74, 6) is -1.43. The van der Waals surface area contributed by atoms with Gasteiger partial charge in [-0.1, -0.05) is 42.2 Å². The van der Waals surface area contributed by atoms with Crippen molar-refractivity contribution in [2.45, 2.75) is 0 Å². The number of hydrogen-bond acceptors (Lipinski definition) is 4. The molecule has 0 aliphatic carbocycles. The number of carboxylic acid groups (broad SMARTS) is 1. The standard InChI is InChI=1S/C12H8INO3S2/c13-8-4-2-1-3-7(8)5-9-11(17)14(6-10(15)16)12(18)19-9/h1-5H,6H2,(H,15,16)/b9-5+. The Labute approximate surface area is 133 Å². The number of thiocarbonyl (C=S) groups is 1. The third-order valence-corrected chi connectivity index (χ3v) is 4.72. The van der Waals surface area contributed by atoms with Crippen LogP contribution in [0.4, 0.5) is 0 Å². The first-order valence-electron chi connectivity index (χ1n) is 5.20. The minimum absolute atomic E-state index is 0.282. The summed E-state index contributed by atoms with van der Waals surface area (Å²) in [5.41, 5.74) is 0.916. The van der Waals surface area contributed by atoms with E-state index in [2.05, 4.69) is 22.6 Å². The summed E-state index contributed by atoms with van der Waals surface area (Å²) in [6.45, 7) is -0.395. The van der Waals surface area contributed by atoms with Gasteiger partial charge in [-0.2, -0.15) is 0 Å². The molecule has 1 aliphatic rings. The van der Waals surface area contributed by atoms with Gasteiger partial charge >= 0.3 is 5.97 Å². The Morgan fingerprint density at radius 3 is 2.79 bits per heavy atom. The molecule has 0 spiro atoms. The highest BCUT2D eigenvalue weighted by molar-refractivity contribution is 14.1. The van der Waals surface area contributed by atoms with Crippen LogP contribution in [-0.4, -0.2) is 32.7 Å². The Kier molecular flexibility index (Phi) is 4.58. The Balaban J connectivity index is 2.28. The van der Waals surface area contributed by atoms with Gasteiger partial charge in [-0.25, -0.2) is 0 Å². The molecule has 0 saturated carbocycles. The lowest BCUT2D eigenvalue weighted by molar-refractivity contribution is -0.140. The number of amides is 1. The van der Waals surface area contributed by atoms with E-state index in [0.29, 0.717) is 4.91 Å². The number of carbonyl (C=O) groups is 2. The van der Waals surface area contributed by atoms with Crippen LogP contribution in [0.5, 0.6) is 0 Å². The van der Waals surface area contributed by atoms with E-state index in [4.69, 9.17) is 17.3 Å². The molecule has 0 aromatic heterocycles. The van der Waals surface area contributed by atoms with Crippen molar-refractivity contribution in [2.75, 3.05) is 6.54 Å². The van der Waals surface area contributed by atoms with Crippen LogP contribution in [0.1, 0.15) is 5.56 Å². The fourth-order valence-electron chi connectivity index (χ4n) is 1.50. The number of thioether (sulfide) groups is 1. The fourth-order valence-corrected chi connectivity index (χ4v) is 3.29. The Hall–Kier alpha value is -0.930. The minimum atomic E-state index is -1.08. The molecule has 1 heterocycles. The van der Waals surface area contributed by atoms with E-state index >= 15 is 0 Å². The van der Waals surface area contributed by atoms with Crippen LogP contribution < -0.4 is 0 Å². The predicted octanol–water partition coefficient (Wildman–Crippen LogP) is 2.58. The van der Waals surface area contributed by atoms with E-state index < -0.39 is 12.5 Å². The second-order valence-electron chi connectivity index (χ2n) is 3.68. The van der Waals surface area contributed by atoms with Crippen molar-refractivity contribution in [3.05, 3.63) is 38.3 Å². The topological polar surface area (TPSA) is 57.6 Å². The van der Waals surface area contributed by atoms with Gasteiger partial charge in [-0.15, -0.1) is 0 Å². The van der Waals surface area contributed by atoms with E-state index in [-0.39, 0.29) is 10.2 Å². The molecule has 1 amide bonds. The maximum absolute atomic E-state index is 12.1. The summed E-state index contributed by atoms with van der Waals surface area (Å²) in [5, 5.41) is 8.75. The number of benzene rings is 1. The number of hydrogen-bond donors (Lipinski definition) is 1. The van der Waals surface area contributed by atoms with Crippen LogP contribution in [0.2, 0.25) is 0 Å². The molecular formula is C12H8INO3S2. The largest absolute Gasteiger partial charge is 0.480 e. The molecule has 1 fully saturated rings. The van der Waals surface area contributed by atoms with Crippen molar-refractivity contribution in [3.63, 3.8) is 0 Å². The molecule has 7 heteroatoms. The monoisotopic (exact) mass is 405 g/mol. The molecule has 2 rings (SSSR count). The van der Waals surface area contributed by atoms with Gasteiger partial charge in [-0.3, -0.25) is 14.5 Å². The fraction of sp³-hybridized carbons (Fsp3) is 0.0833. The minimum Gasteiger partial charge on any atom is -0.480 e. The number of aliphatic carboxylic acids is 1. The van der Waals surface area contributed by atoms with E-state index in [1.54, 1.807) is 6.08 Å². The Bertz CT molecular complexity index is 600. The van der Waals surface area contributed by atoms with Crippen LogP contribution in [0.15, 0.2) is 29.2 Å². The van der Waals surface area contributed by atoms with E-state index in [0.717, 1.165) is 25.8 Å². The molecule has 0 bridgehead atoms. The lowest BCUT2D eigenvalue weighted by atomic mass is 10.2. The molecule has 4 nitrogen and oxygen atoms in total. The van der Waals surface area contributed by atoms with Crippen LogP contribution in [0.25, 0.3) is 6.08 Å². The molecule has 0 radical (unpaired) electrons. The van der Waals surface area contributed by atoms with Crippen LogP contribution in [-0.2, 0) is 9.59 Å². The van der Waals surface area contributed by atoms with Gasteiger partial charge in [0.2, 0.25) is 0 Å². The highest BCUT2D eigenvalue weighted by Crippen LogP contribution is 2.32. The number of nitrogens with zero attached hydrogens (tertiary/aromatic N) is 1. The van der Waals surface area contributed by atoms with E-state index in [1.165, 1.54) is 0 Å². The zero-order valence-electron chi connectivity index (χ0n) is 9.50. The third-order valence-electron chi connectivity index (χ3n) is 2.36. The predicted molar refractivity (Wildman–Crippen MR) is 86.7 cm³/mol. The van der Waals surface area contributed by atoms with Crippen molar-refractivity contribution < 1.29 is 14.7 Å². The van der Waals surface area contributed by atoms with Gasteiger partial charge in [0, 0.05) is 3.57 Å². The number of carbonyl (C=O) groups excluding carboxylic acids is 1. The van der Waals surface area contributed by atoms with Gasteiger partial charge < -0.3 is 5.11 Å². The summed E-state index contributed by atoms with van der Waals surface area (Å²) in [7, 11) is 0. The highest BCUT2D eigenvalue weighted by atomic mass is 127. The van der Waals surface area contributed by atoms with Gasteiger partial charge in [0.25, 0.3) is 5.91 Å². The zero-order valence-corrected chi connectivity index (χ0v) is 13.3. The molecule has 1 aromatic carbocycles. The van der Waals surface area contributed by atoms with Crippen LogP contribution in [0.3, 0.4) is 0 Å². The molecule has 98 valence electrons. The van der Waals surface area contributed by atoms with Crippen molar-refractivity contribution >= 4 is 68.8 Å². The van der Waals surface area contributed by atoms with Gasteiger partial charge in [0.15, 0.2) is 0 Å². The van der Waals surface area contributed by atoms with Gasteiger partial charge in [-0.05, 0) is 40.3 Å². The average Bonchev–Trinajstić information content (AvgIpc) is 2.60. The van der Waals surface area contributed by atoms with Crippen molar-refractivity contribution in [1.29, 1.82) is 0 Å². The molecule has 19 heavy (non-hydrogen) atoms. The first-order valence-corrected chi connectivity index (χ1v) is 7.51. The van der Waals surface area contributed by atoms with Crippen molar-refractivity contribution in [1.82, 2.24) is 4.90 Å². The SMILES string of the molecule is O=C(O)CN1C(=O)/C(=C\c2ccccc2I)SC1=S. The summed E-state index contributed by atoms with van der Waals surface area (Å²) in [4.78, 5) is 24.3. The van der Waals surface area contributed by atoms with Crippen molar-refractivity contribution in [3.8, 4) is 0 Å². The highest BCUT2D eigenvalue weighted by Gasteiger charge is 2.33. The third kappa shape index (κ3) is 3.34. The van der Waals surface area contributed by atoms with Crippen LogP contribution >= 0.6 is 46.6 Å². The normalized spacial score (nSPS) is 17.3. The van der Waals surface area contributed by atoms with Gasteiger partial charge in [0.05, 0.1) is 4.91 Å². The molecule has 0 unspecified atom stereocenters. The first kappa shape index (κ1) is 14.5. The zero-order chi connectivity index (χ0) is 14.0. The summed E-state index contributed by atoms with van der Waals surface area (Å²) in [6.07, 6.45) is 1.74. The smallest absolute Gasteiger partial charge is 0.323 e. The quantitative estimate of drug-likeness (QED) is 0.476. The van der Waals surface area contributed by atoms with E-state index in [1.807, 2.05) is 24.3 Å². The van der Waals surface area contributed by atoms with Crippen molar-refractivity contribution in [2.24, 2.45) is 0 Å². The summed E-state index contributed by atoms with van der Waals surface area (Å²) in [6, 6.07) is 7.62. The molecule has 1 aliphatic heterocycles. The average molecular weight is 405 g/mol. The summed E-state index contributed by atoms with van der Waals surface area (Å²) >= 11 is 8.33. The maximum Gasteiger partial charge on any atom is 0.323 e. The second kappa shape index (κ2) is 6.02. The van der Waals surface area contributed by atoms with Gasteiger partial charge in [0.1, 0.15) is 10.9 Å². The number of carboxylic acids is 1. The molecule has 1 N–H and O–H groups in total. The second-order valence-corrected chi connectivity index (χ2v) is 6.52. The maximum atomic E-state index is 12.1. The van der Waals surface area contributed by atoms with Crippen LogP contribution in [0, 0.1) is 3.57 Å². The first-order chi connectivity index (χ1) is 8.99. The summed E-state index contributed by atoms with van der Waals surface area (Å²) < 4.78 is 1.30. The Morgan fingerprint density at radius 2 is 2.16 bits per heavy atom. The lowest BCUT2D eigenvalue weighted by Gasteiger charge is -2.10. The number of halogens is 1. The molecule has 0 atom stereocenters. The molecule has 1 saturated heterocycles. The number of rotatable bonds is 3.